The minimum Gasteiger partial charge on any atom is -0.490 e. The van der Waals surface area contributed by atoms with Crippen molar-refractivity contribution in [2.24, 2.45) is 5.41 Å². The number of nitro groups is 1. The lowest BCUT2D eigenvalue weighted by Gasteiger charge is -2.47. The minimum absolute atomic E-state index is 0.0236. The van der Waals surface area contributed by atoms with Gasteiger partial charge in [0.15, 0.2) is 5.75 Å². The summed E-state index contributed by atoms with van der Waals surface area (Å²) in [5.41, 5.74) is 2.89. The van der Waals surface area contributed by atoms with Crippen molar-refractivity contribution in [1.29, 1.82) is 0 Å². The van der Waals surface area contributed by atoms with E-state index < -0.39 is 4.92 Å². The first-order valence-electron chi connectivity index (χ1n) is 10.4. The van der Waals surface area contributed by atoms with Crippen LogP contribution in [0, 0.1) is 15.5 Å². The van der Waals surface area contributed by atoms with Crippen molar-refractivity contribution in [2.45, 2.75) is 32.2 Å². The second-order valence-corrected chi connectivity index (χ2v) is 8.36. The van der Waals surface area contributed by atoms with Gasteiger partial charge in [0.2, 0.25) is 0 Å². The highest BCUT2D eigenvalue weighted by molar-refractivity contribution is 5.59. The Morgan fingerprint density at radius 1 is 1.00 bits per heavy atom. The molecule has 0 amide bonds. The summed E-state index contributed by atoms with van der Waals surface area (Å²) in [5.74, 6) is 0.335. The van der Waals surface area contributed by atoms with Crippen LogP contribution in [0.15, 0.2) is 48.5 Å². The number of rotatable bonds is 5. The smallest absolute Gasteiger partial charge is 0.311 e. The standard InChI is InChI=1S/C23H29N3O3/c1-29-22-17-20(7-8-21(22)26(27)28)25-15-11-23(12-16-25)9-13-24(14-10-23)18-19-5-3-2-4-6-19/h2-8,17H,9-16,18H2,1H3. The fourth-order valence-electron chi connectivity index (χ4n) is 4.78. The van der Waals surface area contributed by atoms with Gasteiger partial charge >= 0.3 is 5.69 Å². The number of methoxy groups -OCH3 is 1. The number of ether oxygens (including phenoxy) is 1. The quantitative estimate of drug-likeness (QED) is 0.552. The normalized spacial score (nSPS) is 19.3. The fraction of sp³-hybridized carbons (Fsp3) is 0.478. The molecule has 2 aromatic rings. The van der Waals surface area contributed by atoms with E-state index in [1.54, 1.807) is 12.1 Å². The molecule has 0 unspecified atom stereocenters. The number of likely N-dealkylation sites (tertiary alicyclic amines) is 1. The van der Waals surface area contributed by atoms with Gasteiger partial charge in [0.1, 0.15) is 0 Å². The highest BCUT2D eigenvalue weighted by Gasteiger charge is 2.37. The van der Waals surface area contributed by atoms with Crippen LogP contribution in [0.25, 0.3) is 0 Å². The lowest BCUT2D eigenvalue weighted by atomic mass is 9.71. The number of benzene rings is 2. The molecule has 2 fully saturated rings. The van der Waals surface area contributed by atoms with E-state index in [1.165, 1.54) is 51.4 Å². The Hall–Kier alpha value is -2.60. The Balaban J connectivity index is 1.33. The van der Waals surface area contributed by atoms with Crippen molar-refractivity contribution in [1.82, 2.24) is 4.90 Å². The molecule has 6 heteroatoms. The molecular formula is C23H29N3O3. The molecule has 4 rings (SSSR count). The largest absolute Gasteiger partial charge is 0.490 e. The average Bonchev–Trinajstić information content (AvgIpc) is 2.76. The highest BCUT2D eigenvalue weighted by atomic mass is 16.6. The number of piperidine rings is 2. The van der Waals surface area contributed by atoms with Gasteiger partial charge in [0.05, 0.1) is 12.0 Å². The van der Waals surface area contributed by atoms with Crippen molar-refractivity contribution in [2.75, 3.05) is 38.2 Å². The summed E-state index contributed by atoms with van der Waals surface area (Å²) in [6.07, 6.45) is 4.89. The number of hydrogen-bond acceptors (Lipinski definition) is 5. The van der Waals surface area contributed by atoms with Crippen molar-refractivity contribution in [3.8, 4) is 5.75 Å². The molecule has 1 spiro atoms. The summed E-state index contributed by atoms with van der Waals surface area (Å²) < 4.78 is 5.23. The van der Waals surface area contributed by atoms with Crippen molar-refractivity contribution < 1.29 is 9.66 Å². The van der Waals surface area contributed by atoms with Gasteiger partial charge < -0.3 is 9.64 Å². The van der Waals surface area contributed by atoms with Gasteiger partial charge in [-0.15, -0.1) is 0 Å². The molecule has 0 N–H and O–H groups in total. The van der Waals surface area contributed by atoms with Crippen LogP contribution in [0.5, 0.6) is 5.75 Å². The Kier molecular flexibility index (Phi) is 5.72. The Labute approximate surface area is 172 Å². The molecule has 29 heavy (non-hydrogen) atoms. The van der Waals surface area contributed by atoms with Crippen LogP contribution in [-0.2, 0) is 6.54 Å². The first-order valence-corrected chi connectivity index (χ1v) is 10.4. The third kappa shape index (κ3) is 4.37. The van der Waals surface area contributed by atoms with Crippen LogP contribution < -0.4 is 9.64 Å². The maximum absolute atomic E-state index is 11.1. The Bertz CT molecular complexity index is 838. The molecule has 0 saturated carbocycles. The Morgan fingerprint density at radius 2 is 1.66 bits per heavy atom. The van der Waals surface area contributed by atoms with Gasteiger partial charge in [-0.2, -0.15) is 0 Å². The first kappa shape index (κ1) is 19.7. The van der Waals surface area contributed by atoms with Crippen LogP contribution in [0.3, 0.4) is 0 Å². The number of hydrogen-bond donors (Lipinski definition) is 0. The third-order valence-corrected chi connectivity index (χ3v) is 6.71. The Morgan fingerprint density at radius 3 is 2.28 bits per heavy atom. The van der Waals surface area contributed by atoms with Gasteiger partial charge in [-0.1, -0.05) is 30.3 Å². The van der Waals surface area contributed by atoms with E-state index in [2.05, 4.69) is 40.1 Å². The molecule has 2 aromatic carbocycles. The van der Waals surface area contributed by atoms with E-state index in [9.17, 15) is 10.1 Å². The zero-order valence-corrected chi connectivity index (χ0v) is 17.0. The van der Waals surface area contributed by atoms with Gasteiger partial charge in [0, 0.05) is 37.5 Å². The number of anilines is 1. The molecule has 154 valence electrons. The van der Waals surface area contributed by atoms with Crippen LogP contribution in [0.4, 0.5) is 11.4 Å². The van der Waals surface area contributed by atoms with Crippen LogP contribution in [0.2, 0.25) is 0 Å². The minimum atomic E-state index is -0.392. The third-order valence-electron chi connectivity index (χ3n) is 6.71. The topological polar surface area (TPSA) is 58.8 Å². The van der Waals surface area contributed by atoms with Crippen molar-refractivity contribution in [3.05, 3.63) is 64.2 Å². The van der Waals surface area contributed by atoms with Crippen LogP contribution >= 0.6 is 0 Å². The molecule has 0 radical (unpaired) electrons. The molecule has 2 heterocycles. The van der Waals surface area contributed by atoms with Crippen LogP contribution in [0.1, 0.15) is 31.2 Å². The predicted octanol–water partition coefficient (Wildman–Crippen LogP) is 4.49. The van der Waals surface area contributed by atoms with Crippen molar-refractivity contribution in [3.63, 3.8) is 0 Å². The van der Waals surface area contributed by atoms with Gasteiger partial charge in [0.25, 0.3) is 0 Å². The fourth-order valence-corrected chi connectivity index (χ4v) is 4.78. The second-order valence-electron chi connectivity index (χ2n) is 8.36. The zero-order valence-electron chi connectivity index (χ0n) is 17.0. The average molecular weight is 396 g/mol. The van der Waals surface area contributed by atoms with E-state index in [1.807, 2.05) is 6.07 Å². The highest BCUT2D eigenvalue weighted by Crippen LogP contribution is 2.43. The van der Waals surface area contributed by atoms with Gasteiger partial charge in [-0.05, 0) is 55.8 Å². The maximum atomic E-state index is 11.1. The van der Waals surface area contributed by atoms with Gasteiger partial charge in [-0.3, -0.25) is 15.0 Å². The molecular weight excluding hydrogens is 366 g/mol. The van der Waals surface area contributed by atoms with E-state index in [4.69, 9.17) is 4.74 Å². The van der Waals surface area contributed by atoms with Gasteiger partial charge in [-0.25, -0.2) is 0 Å². The summed E-state index contributed by atoms with van der Waals surface area (Å²) in [7, 11) is 1.49. The maximum Gasteiger partial charge on any atom is 0.311 e. The molecule has 0 aromatic heterocycles. The summed E-state index contributed by atoms with van der Waals surface area (Å²) in [5, 5.41) is 11.1. The van der Waals surface area contributed by atoms with E-state index in [0.717, 1.165) is 25.3 Å². The summed E-state index contributed by atoms with van der Waals surface area (Å²) in [6, 6.07) is 15.9. The first-order chi connectivity index (χ1) is 14.1. The van der Waals surface area contributed by atoms with Crippen LogP contribution in [-0.4, -0.2) is 43.1 Å². The monoisotopic (exact) mass is 395 g/mol. The molecule has 0 aliphatic carbocycles. The molecule has 2 aliphatic rings. The summed E-state index contributed by atoms with van der Waals surface area (Å²) in [4.78, 5) is 15.6. The van der Waals surface area contributed by atoms with E-state index in [0.29, 0.717) is 11.2 Å². The molecule has 6 nitrogen and oxygen atoms in total. The SMILES string of the molecule is COc1cc(N2CCC3(CCN(Cc4ccccc4)CC3)CC2)ccc1[N+](=O)[O-]. The molecule has 2 saturated heterocycles. The molecule has 2 aliphatic heterocycles. The molecule has 0 atom stereocenters. The second kappa shape index (κ2) is 8.41. The molecule has 0 bridgehead atoms. The zero-order chi connectivity index (χ0) is 20.3. The van der Waals surface area contributed by atoms with E-state index in [-0.39, 0.29) is 5.69 Å². The lowest BCUT2D eigenvalue weighted by molar-refractivity contribution is -0.385. The van der Waals surface area contributed by atoms with Crippen molar-refractivity contribution >= 4 is 11.4 Å². The number of nitro benzene ring substituents is 1. The number of nitrogens with zero attached hydrogens (tertiary/aromatic N) is 3. The predicted molar refractivity (Wildman–Crippen MR) is 114 cm³/mol. The summed E-state index contributed by atoms with van der Waals surface area (Å²) >= 11 is 0. The van der Waals surface area contributed by atoms with E-state index >= 15 is 0 Å². The summed E-state index contributed by atoms with van der Waals surface area (Å²) in [6.45, 7) is 5.38. The lowest BCUT2D eigenvalue weighted by Crippen LogP contribution is -2.46.